The van der Waals surface area contributed by atoms with Gasteiger partial charge in [0.1, 0.15) is 5.82 Å². The van der Waals surface area contributed by atoms with Gasteiger partial charge in [-0.1, -0.05) is 30.3 Å². The van der Waals surface area contributed by atoms with Crippen molar-refractivity contribution in [2.45, 2.75) is 25.3 Å². The van der Waals surface area contributed by atoms with Crippen LogP contribution in [0.4, 0.5) is 4.39 Å². The third-order valence-corrected chi connectivity index (χ3v) is 4.49. The van der Waals surface area contributed by atoms with Crippen molar-refractivity contribution in [1.29, 1.82) is 0 Å². The topological polar surface area (TPSA) is 29.1 Å². The van der Waals surface area contributed by atoms with Gasteiger partial charge in [0.2, 0.25) is 0 Å². The molecule has 0 fully saturated rings. The maximum absolute atomic E-state index is 13.9. The Bertz CT molecular complexity index is 686. The normalized spacial score (nSPS) is 17.1. The summed E-state index contributed by atoms with van der Waals surface area (Å²) in [5.74, 6) is -0.857. The molecule has 2 nitrogen and oxygen atoms in total. The molecule has 0 bridgehead atoms. The summed E-state index contributed by atoms with van der Waals surface area (Å²) in [6, 6.07) is 13.1. The van der Waals surface area contributed by atoms with Gasteiger partial charge in [-0.3, -0.25) is 4.79 Å². The Balaban J connectivity index is 1.73. The van der Waals surface area contributed by atoms with E-state index in [1.54, 1.807) is 12.1 Å². The zero-order chi connectivity index (χ0) is 14.8. The summed E-state index contributed by atoms with van der Waals surface area (Å²) in [6.45, 7) is 0. The number of fused-ring (bicyclic) bond motifs is 1. The molecule has 108 valence electrons. The first-order valence-corrected chi connectivity index (χ1v) is 7.76. The van der Waals surface area contributed by atoms with Gasteiger partial charge in [0, 0.05) is 6.04 Å². The van der Waals surface area contributed by atoms with Crippen molar-refractivity contribution in [2.75, 3.05) is 0 Å². The van der Waals surface area contributed by atoms with Crippen molar-refractivity contribution in [3.8, 4) is 0 Å². The van der Waals surface area contributed by atoms with Crippen molar-refractivity contribution in [3.05, 3.63) is 69.4 Å². The number of benzene rings is 2. The number of hydrogen-bond donors (Lipinski definition) is 1. The van der Waals surface area contributed by atoms with Crippen LogP contribution in [0.15, 0.2) is 46.9 Å². The SMILES string of the molecule is O=C(NC1CCc2ccccc2C1)c1cccc(Br)c1F. The minimum absolute atomic E-state index is 0.0609. The van der Waals surface area contributed by atoms with Crippen LogP contribution >= 0.6 is 15.9 Å². The predicted molar refractivity (Wildman–Crippen MR) is 83.8 cm³/mol. The van der Waals surface area contributed by atoms with E-state index < -0.39 is 5.82 Å². The Labute approximate surface area is 131 Å². The molecule has 21 heavy (non-hydrogen) atoms. The molecule has 0 heterocycles. The maximum atomic E-state index is 13.9. The number of halogens is 2. The molecule has 1 aliphatic carbocycles. The van der Waals surface area contributed by atoms with Crippen LogP contribution in [-0.2, 0) is 12.8 Å². The van der Waals surface area contributed by atoms with E-state index in [9.17, 15) is 9.18 Å². The van der Waals surface area contributed by atoms with Crippen LogP contribution in [0.25, 0.3) is 0 Å². The second-order valence-electron chi connectivity index (χ2n) is 5.28. The molecule has 2 aromatic carbocycles. The third kappa shape index (κ3) is 3.00. The van der Waals surface area contributed by atoms with E-state index in [2.05, 4.69) is 33.4 Å². The average Bonchev–Trinajstić information content (AvgIpc) is 2.50. The summed E-state index contributed by atoms with van der Waals surface area (Å²) >= 11 is 3.11. The minimum Gasteiger partial charge on any atom is -0.349 e. The lowest BCUT2D eigenvalue weighted by Crippen LogP contribution is -2.39. The van der Waals surface area contributed by atoms with Crippen LogP contribution in [0.5, 0.6) is 0 Å². The molecule has 0 saturated heterocycles. The van der Waals surface area contributed by atoms with Crippen molar-refractivity contribution >= 4 is 21.8 Å². The van der Waals surface area contributed by atoms with Gasteiger partial charge in [0.15, 0.2) is 0 Å². The van der Waals surface area contributed by atoms with E-state index >= 15 is 0 Å². The van der Waals surface area contributed by atoms with E-state index in [0.29, 0.717) is 4.47 Å². The molecular weight excluding hydrogens is 333 g/mol. The number of amides is 1. The Morgan fingerprint density at radius 3 is 2.71 bits per heavy atom. The van der Waals surface area contributed by atoms with Crippen LogP contribution in [-0.4, -0.2) is 11.9 Å². The predicted octanol–water partition coefficient (Wildman–Crippen LogP) is 3.88. The molecule has 0 aliphatic heterocycles. The first kappa shape index (κ1) is 14.3. The Kier molecular flexibility index (Phi) is 4.06. The molecule has 0 spiro atoms. The highest BCUT2D eigenvalue weighted by Crippen LogP contribution is 2.22. The Morgan fingerprint density at radius 2 is 1.90 bits per heavy atom. The van der Waals surface area contributed by atoms with Crippen LogP contribution in [0.2, 0.25) is 0 Å². The monoisotopic (exact) mass is 347 g/mol. The quantitative estimate of drug-likeness (QED) is 0.877. The van der Waals surface area contributed by atoms with Crippen LogP contribution < -0.4 is 5.32 Å². The van der Waals surface area contributed by atoms with E-state index in [-0.39, 0.29) is 17.5 Å². The number of carbonyl (C=O) groups excluding carboxylic acids is 1. The molecule has 0 saturated carbocycles. The van der Waals surface area contributed by atoms with Gasteiger partial charge in [0.25, 0.3) is 5.91 Å². The van der Waals surface area contributed by atoms with E-state index in [4.69, 9.17) is 0 Å². The second-order valence-corrected chi connectivity index (χ2v) is 6.14. The molecule has 1 amide bonds. The lowest BCUT2D eigenvalue weighted by atomic mass is 9.88. The molecule has 1 N–H and O–H groups in total. The Morgan fingerprint density at radius 1 is 1.14 bits per heavy atom. The van der Waals surface area contributed by atoms with E-state index in [1.807, 2.05) is 12.1 Å². The standard InChI is InChI=1S/C17H15BrFNO/c18-15-7-3-6-14(16(15)19)17(21)20-13-9-8-11-4-1-2-5-12(11)10-13/h1-7,13H,8-10H2,(H,20,21). The highest BCUT2D eigenvalue weighted by Gasteiger charge is 2.22. The molecule has 1 atom stereocenters. The largest absolute Gasteiger partial charge is 0.349 e. The van der Waals surface area contributed by atoms with Crippen molar-refractivity contribution in [3.63, 3.8) is 0 Å². The van der Waals surface area contributed by atoms with Crippen LogP contribution in [0.3, 0.4) is 0 Å². The lowest BCUT2D eigenvalue weighted by molar-refractivity contribution is 0.0929. The highest BCUT2D eigenvalue weighted by atomic mass is 79.9. The van der Waals surface area contributed by atoms with E-state index in [1.165, 1.54) is 17.2 Å². The minimum atomic E-state index is -0.508. The van der Waals surface area contributed by atoms with Crippen molar-refractivity contribution in [1.82, 2.24) is 5.32 Å². The summed E-state index contributed by atoms with van der Waals surface area (Å²) < 4.78 is 14.2. The van der Waals surface area contributed by atoms with E-state index in [0.717, 1.165) is 19.3 Å². The van der Waals surface area contributed by atoms with Gasteiger partial charge < -0.3 is 5.32 Å². The van der Waals surface area contributed by atoms with Gasteiger partial charge in [-0.25, -0.2) is 4.39 Å². The van der Waals surface area contributed by atoms with Crippen LogP contribution in [0, 0.1) is 5.82 Å². The third-order valence-electron chi connectivity index (χ3n) is 3.88. The summed E-state index contributed by atoms with van der Waals surface area (Å²) in [4.78, 5) is 12.2. The fourth-order valence-electron chi connectivity index (χ4n) is 2.76. The molecule has 3 rings (SSSR count). The molecule has 2 aromatic rings. The number of carbonyl (C=O) groups is 1. The molecule has 0 radical (unpaired) electrons. The molecule has 1 unspecified atom stereocenters. The summed E-state index contributed by atoms with van der Waals surface area (Å²) in [5.41, 5.74) is 2.70. The highest BCUT2D eigenvalue weighted by molar-refractivity contribution is 9.10. The number of hydrogen-bond acceptors (Lipinski definition) is 1. The van der Waals surface area contributed by atoms with Crippen molar-refractivity contribution < 1.29 is 9.18 Å². The van der Waals surface area contributed by atoms with Gasteiger partial charge in [-0.15, -0.1) is 0 Å². The van der Waals surface area contributed by atoms with Gasteiger partial charge >= 0.3 is 0 Å². The number of rotatable bonds is 2. The second kappa shape index (κ2) is 5.98. The Hall–Kier alpha value is -1.68. The molecule has 1 aliphatic rings. The first-order valence-electron chi connectivity index (χ1n) is 6.97. The zero-order valence-corrected chi connectivity index (χ0v) is 13.0. The summed E-state index contributed by atoms with van der Waals surface area (Å²) in [7, 11) is 0. The number of nitrogens with one attached hydrogen (secondary N) is 1. The summed E-state index contributed by atoms with van der Waals surface area (Å²) in [5, 5.41) is 2.94. The molecule has 4 heteroatoms. The first-order chi connectivity index (χ1) is 10.1. The lowest BCUT2D eigenvalue weighted by Gasteiger charge is -2.25. The fourth-order valence-corrected chi connectivity index (χ4v) is 3.13. The summed E-state index contributed by atoms with van der Waals surface area (Å²) in [6.07, 6.45) is 2.64. The molecular formula is C17H15BrFNO. The molecule has 0 aromatic heterocycles. The van der Waals surface area contributed by atoms with Gasteiger partial charge in [-0.05, 0) is 58.5 Å². The zero-order valence-electron chi connectivity index (χ0n) is 11.4. The smallest absolute Gasteiger partial charge is 0.254 e. The maximum Gasteiger partial charge on any atom is 0.254 e. The number of aryl methyl sites for hydroxylation is 1. The van der Waals surface area contributed by atoms with Crippen molar-refractivity contribution in [2.24, 2.45) is 0 Å². The van der Waals surface area contributed by atoms with Gasteiger partial charge in [-0.2, -0.15) is 0 Å². The average molecular weight is 348 g/mol. The fraction of sp³-hybridized carbons (Fsp3) is 0.235. The van der Waals surface area contributed by atoms with Crippen LogP contribution in [0.1, 0.15) is 27.9 Å². The van der Waals surface area contributed by atoms with Gasteiger partial charge in [0.05, 0.1) is 10.0 Å².